The van der Waals surface area contributed by atoms with E-state index in [1.165, 1.54) is 7.05 Å². The number of hydrogen-bond acceptors (Lipinski definition) is 6. The molecule has 3 heterocycles. The van der Waals surface area contributed by atoms with Crippen LogP contribution in [-0.4, -0.2) is 42.6 Å². The molecular formula is C19H19N3O5. The second kappa shape index (κ2) is 6.46. The molecule has 0 saturated carbocycles. The fourth-order valence-electron chi connectivity index (χ4n) is 3.36. The van der Waals surface area contributed by atoms with Crippen molar-refractivity contribution in [1.82, 2.24) is 15.4 Å². The van der Waals surface area contributed by atoms with Crippen molar-refractivity contribution in [2.75, 3.05) is 20.7 Å². The fraction of sp³-hybridized carbons (Fsp3) is 0.316. The summed E-state index contributed by atoms with van der Waals surface area (Å²) in [5.41, 5.74) is 2.24. The Morgan fingerprint density at radius 2 is 2.15 bits per heavy atom. The Morgan fingerprint density at radius 1 is 1.33 bits per heavy atom. The molecule has 4 rings (SSSR count). The molecule has 140 valence electrons. The molecule has 0 bridgehead atoms. The van der Waals surface area contributed by atoms with E-state index in [2.05, 4.69) is 10.5 Å². The number of amides is 2. The van der Waals surface area contributed by atoms with Crippen LogP contribution in [0.4, 0.5) is 0 Å². The first-order valence-electron chi connectivity index (χ1n) is 8.59. The number of furan rings is 1. The molecule has 0 aliphatic carbocycles. The lowest BCUT2D eigenvalue weighted by Crippen LogP contribution is -2.36. The van der Waals surface area contributed by atoms with Gasteiger partial charge in [-0.25, -0.2) is 0 Å². The van der Waals surface area contributed by atoms with Crippen LogP contribution in [0, 0.1) is 6.92 Å². The van der Waals surface area contributed by atoms with E-state index in [1.807, 2.05) is 19.1 Å². The molecule has 0 unspecified atom stereocenters. The number of nitrogens with one attached hydrogen (secondary N) is 1. The monoisotopic (exact) mass is 369 g/mol. The molecule has 0 saturated heterocycles. The van der Waals surface area contributed by atoms with Gasteiger partial charge in [0.1, 0.15) is 17.1 Å². The molecular weight excluding hydrogens is 350 g/mol. The van der Waals surface area contributed by atoms with Gasteiger partial charge in [0, 0.05) is 42.6 Å². The smallest absolute Gasteiger partial charge is 0.290 e. The predicted octanol–water partition coefficient (Wildman–Crippen LogP) is 2.30. The van der Waals surface area contributed by atoms with Crippen LogP contribution in [0.2, 0.25) is 0 Å². The van der Waals surface area contributed by atoms with Gasteiger partial charge in [-0.15, -0.1) is 0 Å². The van der Waals surface area contributed by atoms with Gasteiger partial charge in [0.15, 0.2) is 11.5 Å². The van der Waals surface area contributed by atoms with Gasteiger partial charge in [0.05, 0.1) is 13.7 Å². The summed E-state index contributed by atoms with van der Waals surface area (Å²) in [6, 6.07) is 5.47. The van der Waals surface area contributed by atoms with Crippen molar-refractivity contribution in [3.8, 4) is 5.75 Å². The Balaban J connectivity index is 1.66. The molecule has 1 N–H and O–H groups in total. The zero-order valence-electron chi connectivity index (χ0n) is 15.3. The van der Waals surface area contributed by atoms with E-state index in [1.54, 1.807) is 18.1 Å². The van der Waals surface area contributed by atoms with Gasteiger partial charge in [-0.3, -0.25) is 9.59 Å². The van der Waals surface area contributed by atoms with Crippen molar-refractivity contribution in [3.05, 3.63) is 46.5 Å². The first-order valence-corrected chi connectivity index (χ1v) is 8.59. The number of methoxy groups -OCH3 is 1. The van der Waals surface area contributed by atoms with Crippen LogP contribution in [0.1, 0.15) is 37.9 Å². The topological polar surface area (TPSA) is 97.8 Å². The van der Waals surface area contributed by atoms with E-state index in [0.717, 1.165) is 10.9 Å². The number of ether oxygens (including phenoxy) is 1. The molecule has 2 amide bonds. The Labute approximate surface area is 155 Å². The first kappa shape index (κ1) is 17.1. The summed E-state index contributed by atoms with van der Waals surface area (Å²) in [6.07, 6.45) is 0.498. The lowest BCUT2D eigenvalue weighted by Gasteiger charge is -2.25. The van der Waals surface area contributed by atoms with Crippen molar-refractivity contribution >= 4 is 22.8 Å². The number of rotatable bonds is 3. The largest absolute Gasteiger partial charge is 0.497 e. The Bertz CT molecular complexity index is 1050. The number of fused-ring (bicyclic) bond motifs is 2. The third-order valence-electron chi connectivity index (χ3n) is 4.90. The summed E-state index contributed by atoms with van der Waals surface area (Å²) in [6.45, 7) is 2.57. The number of carbonyl (C=O) groups excluding carboxylic acids is 2. The summed E-state index contributed by atoms with van der Waals surface area (Å²) < 4.78 is 16.3. The lowest BCUT2D eigenvalue weighted by atomic mass is 10.0. The van der Waals surface area contributed by atoms with Crippen molar-refractivity contribution in [1.29, 1.82) is 0 Å². The Hall–Kier alpha value is -3.29. The predicted molar refractivity (Wildman–Crippen MR) is 95.8 cm³/mol. The Morgan fingerprint density at radius 3 is 2.89 bits per heavy atom. The van der Waals surface area contributed by atoms with E-state index >= 15 is 0 Å². The normalized spacial score (nSPS) is 13.5. The molecule has 0 atom stereocenters. The highest BCUT2D eigenvalue weighted by Gasteiger charge is 2.32. The molecule has 1 aliphatic rings. The van der Waals surface area contributed by atoms with Gasteiger partial charge in [-0.1, -0.05) is 5.16 Å². The quantitative estimate of drug-likeness (QED) is 0.761. The minimum Gasteiger partial charge on any atom is -0.497 e. The van der Waals surface area contributed by atoms with E-state index < -0.39 is 0 Å². The van der Waals surface area contributed by atoms with Crippen LogP contribution < -0.4 is 10.1 Å². The average molecular weight is 369 g/mol. The summed E-state index contributed by atoms with van der Waals surface area (Å²) in [5.74, 6) is 1.04. The number of nitrogens with zero attached hydrogens (tertiary/aromatic N) is 2. The van der Waals surface area contributed by atoms with Crippen LogP contribution in [0.3, 0.4) is 0 Å². The van der Waals surface area contributed by atoms with Crippen molar-refractivity contribution in [3.63, 3.8) is 0 Å². The van der Waals surface area contributed by atoms with Gasteiger partial charge in [0.25, 0.3) is 11.8 Å². The number of benzene rings is 1. The second-order valence-electron chi connectivity index (χ2n) is 6.41. The zero-order chi connectivity index (χ0) is 19.1. The molecule has 0 radical (unpaired) electrons. The molecule has 8 nitrogen and oxygen atoms in total. The van der Waals surface area contributed by atoms with Crippen molar-refractivity contribution in [2.24, 2.45) is 0 Å². The first-order chi connectivity index (χ1) is 13.0. The number of carbonyl (C=O) groups is 2. The van der Waals surface area contributed by atoms with Gasteiger partial charge in [0.2, 0.25) is 0 Å². The van der Waals surface area contributed by atoms with Gasteiger partial charge >= 0.3 is 0 Å². The molecule has 3 aromatic rings. The van der Waals surface area contributed by atoms with Gasteiger partial charge in [-0.2, -0.15) is 0 Å². The highest BCUT2D eigenvalue weighted by Crippen LogP contribution is 2.31. The van der Waals surface area contributed by atoms with E-state index in [0.29, 0.717) is 41.4 Å². The summed E-state index contributed by atoms with van der Waals surface area (Å²) in [4.78, 5) is 26.7. The molecule has 8 heteroatoms. The maximum Gasteiger partial charge on any atom is 0.290 e. The minimum absolute atomic E-state index is 0.219. The SMILES string of the molecule is CNC(=O)c1noc2c1CN(C(=O)c1oc3cc(OC)ccc3c1C)CC2. The van der Waals surface area contributed by atoms with Crippen LogP contribution in [0.15, 0.2) is 27.1 Å². The maximum atomic E-state index is 13.1. The summed E-state index contributed by atoms with van der Waals surface area (Å²) in [5, 5.41) is 7.25. The van der Waals surface area contributed by atoms with E-state index in [-0.39, 0.29) is 24.1 Å². The molecule has 27 heavy (non-hydrogen) atoms. The minimum atomic E-state index is -0.332. The average Bonchev–Trinajstić information content (AvgIpc) is 3.27. The van der Waals surface area contributed by atoms with Crippen LogP contribution in [0.25, 0.3) is 11.0 Å². The number of hydrogen-bond donors (Lipinski definition) is 1. The third-order valence-corrected chi connectivity index (χ3v) is 4.90. The molecule has 1 aliphatic heterocycles. The molecule has 0 spiro atoms. The molecule has 0 fully saturated rings. The van der Waals surface area contributed by atoms with Crippen LogP contribution in [-0.2, 0) is 13.0 Å². The molecule has 2 aromatic heterocycles. The van der Waals surface area contributed by atoms with Crippen LogP contribution >= 0.6 is 0 Å². The van der Waals surface area contributed by atoms with E-state index in [9.17, 15) is 9.59 Å². The lowest BCUT2D eigenvalue weighted by molar-refractivity contribution is 0.0696. The van der Waals surface area contributed by atoms with Crippen molar-refractivity contribution < 1.29 is 23.3 Å². The van der Waals surface area contributed by atoms with Gasteiger partial charge in [-0.05, 0) is 19.1 Å². The van der Waals surface area contributed by atoms with Crippen LogP contribution in [0.5, 0.6) is 5.75 Å². The van der Waals surface area contributed by atoms with Crippen molar-refractivity contribution in [2.45, 2.75) is 19.9 Å². The standard InChI is InChI=1S/C19H19N3O5/c1-10-12-5-4-11(25-3)8-15(12)26-17(10)19(24)22-7-6-14-13(9-22)16(21-27-14)18(23)20-2/h4-5,8H,6-7,9H2,1-3H3,(H,20,23). The van der Waals surface area contributed by atoms with Gasteiger partial charge < -0.3 is 23.9 Å². The second-order valence-corrected chi connectivity index (χ2v) is 6.41. The van der Waals surface area contributed by atoms with E-state index in [4.69, 9.17) is 13.7 Å². The number of aryl methyl sites for hydroxylation is 1. The fourth-order valence-corrected chi connectivity index (χ4v) is 3.36. The summed E-state index contributed by atoms with van der Waals surface area (Å²) in [7, 11) is 3.11. The molecule has 1 aromatic carbocycles. The Kier molecular flexibility index (Phi) is 4.10. The number of aromatic nitrogens is 1. The maximum absolute atomic E-state index is 13.1. The highest BCUT2D eigenvalue weighted by molar-refractivity contribution is 5.99. The highest BCUT2D eigenvalue weighted by atomic mass is 16.5. The zero-order valence-corrected chi connectivity index (χ0v) is 15.3. The summed E-state index contributed by atoms with van der Waals surface area (Å²) >= 11 is 0. The third kappa shape index (κ3) is 2.73.